The molecule has 0 amide bonds. The lowest BCUT2D eigenvalue weighted by Crippen LogP contribution is -2.03. The molecule has 0 aromatic carbocycles. The van der Waals surface area contributed by atoms with E-state index in [0.717, 1.165) is 27.6 Å². The zero-order chi connectivity index (χ0) is 14.4. The summed E-state index contributed by atoms with van der Waals surface area (Å²) in [5.41, 5.74) is 9.34. The summed E-state index contributed by atoms with van der Waals surface area (Å²) in [6.07, 6.45) is 0. The fourth-order valence-electron chi connectivity index (χ4n) is 2.46. The molecule has 104 valence electrons. The van der Waals surface area contributed by atoms with Gasteiger partial charge in [0, 0.05) is 20.4 Å². The lowest BCUT2D eigenvalue weighted by atomic mass is 10.2. The van der Waals surface area contributed by atoms with Crippen LogP contribution in [0.2, 0.25) is 0 Å². The predicted molar refractivity (Wildman–Crippen MR) is 87.3 cm³/mol. The summed E-state index contributed by atoms with van der Waals surface area (Å²) in [4.78, 5) is 10.1. The van der Waals surface area contributed by atoms with Crippen molar-refractivity contribution in [2.45, 2.75) is 27.3 Å². The summed E-state index contributed by atoms with van der Waals surface area (Å²) in [5, 5.41) is 3.07. The minimum absolute atomic E-state index is 0.569. The Morgan fingerprint density at radius 3 is 2.70 bits per heavy atom. The van der Waals surface area contributed by atoms with Gasteiger partial charge in [-0.3, -0.25) is 0 Å². The van der Waals surface area contributed by atoms with Gasteiger partial charge in [0.15, 0.2) is 0 Å². The fraction of sp³-hybridized carbons (Fsp3) is 0.286. The number of nitrogens with two attached hydrogens (primary N) is 1. The van der Waals surface area contributed by atoms with Gasteiger partial charge in [-0.15, -0.1) is 11.3 Å². The second-order valence-electron chi connectivity index (χ2n) is 4.88. The molecule has 0 unspecified atom stereocenters. The van der Waals surface area contributed by atoms with Crippen molar-refractivity contribution in [2.24, 2.45) is 0 Å². The Morgan fingerprint density at radius 1 is 1.30 bits per heavy atom. The van der Waals surface area contributed by atoms with Gasteiger partial charge in [0.2, 0.25) is 0 Å². The van der Waals surface area contributed by atoms with Gasteiger partial charge in [-0.05, 0) is 48.3 Å². The summed E-state index contributed by atoms with van der Waals surface area (Å²) in [6.45, 7) is 6.86. The fourth-order valence-corrected chi connectivity index (χ4v) is 3.90. The van der Waals surface area contributed by atoms with Gasteiger partial charge in [0.25, 0.3) is 0 Å². The molecule has 20 heavy (non-hydrogen) atoms. The zero-order valence-electron chi connectivity index (χ0n) is 11.6. The molecule has 0 saturated carbocycles. The summed E-state index contributed by atoms with van der Waals surface area (Å²) < 4.78 is 3.34. The van der Waals surface area contributed by atoms with Gasteiger partial charge in [-0.25, -0.2) is 9.97 Å². The number of anilines is 1. The van der Waals surface area contributed by atoms with Crippen molar-refractivity contribution in [1.29, 1.82) is 0 Å². The molecule has 2 N–H and O–H groups in total. The Bertz CT molecular complexity index is 803. The van der Waals surface area contributed by atoms with Crippen molar-refractivity contribution in [3.8, 4) is 0 Å². The second-order valence-corrected chi connectivity index (χ2v) is 6.79. The minimum atomic E-state index is 0.569. The molecule has 6 heteroatoms. The van der Waals surface area contributed by atoms with Crippen LogP contribution in [0.25, 0.3) is 11.0 Å². The van der Waals surface area contributed by atoms with Crippen LogP contribution in [0.5, 0.6) is 0 Å². The molecule has 0 aliphatic rings. The molecular formula is C14H15BrN4S. The third-order valence-electron chi connectivity index (χ3n) is 3.54. The van der Waals surface area contributed by atoms with Crippen LogP contribution < -0.4 is 5.73 Å². The molecule has 3 aromatic heterocycles. The van der Waals surface area contributed by atoms with Gasteiger partial charge < -0.3 is 10.3 Å². The third kappa shape index (κ3) is 2.13. The van der Waals surface area contributed by atoms with Crippen LogP contribution in [0.15, 0.2) is 15.9 Å². The quantitative estimate of drug-likeness (QED) is 0.764. The number of nitrogen functional groups attached to an aromatic ring is 1. The Balaban J connectivity index is 2.22. The van der Waals surface area contributed by atoms with Crippen LogP contribution in [0.3, 0.4) is 0 Å². The van der Waals surface area contributed by atoms with Gasteiger partial charge in [0.1, 0.15) is 17.3 Å². The molecule has 0 spiro atoms. The SMILES string of the molecule is Cc1nc(N)c2c(C)c(C)n(Cc3cc(Br)cs3)c2n1. The number of hydrogen-bond acceptors (Lipinski definition) is 4. The molecule has 0 bridgehead atoms. The monoisotopic (exact) mass is 350 g/mol. The number of nitrogens with zero attached hydrogens (tertiary/aromatic N) is 3. The van der Waals surface area contributed by atoms with E-state index >= 15 is 0 Å². The van der Waals surface area contributed by atoms with E-state index in [-0.39, 0.29) is 0 Å². The standard InChI is InChI=1S/C14H15BrN4S/c1-7-8(2)19(5-11-4-10(15)6-20-11)14-12(7)13(16)17-9(3)18-14/h4,6H,5H2,1-3H3,(H2,16,17,18). The van der Waals surface area contributed by atoms with Crippen LogP contribution in [0.1, 0.15) is 22.0 Å². The topological polar surface area (TPSA) is 56.7 Å². The minimum Gasteiger partial charge on any atom is -0.383 e. The molecule has 3 rings (SSSR count). The van der Waals surface area contributed by atoms with E-state index in [0.29, 0.717) is 11.6 Å². The first-order valence-electron chi connectivity index (χ1n) is 6.29. The van der Waals surface area contributed by atoms with Crippen LogP contribution >= 0.6 is 27.3 Å². The molecule has 0 saturated heterocycles. The number of rotatable bonds is 2. The molecule has 0 fully saturated rings. The number of aromatic nitrogens is 3. The second kappa shape index (κ2) is 4.86. The molecular weight excluding hydrogens is 336 g/mol. The molecule has 0 atom stereocenters. The Labute approximate surface area is 129 Å². The van der Waals surface area contributed by atoms with E-state index in [1.165, 1.54) is 10.6 Å². The van der Waals surface area contributed by atoms with E-state index in [1.54, 1.807) is 11.3 Å². The van der Waals surface area contributed by atoms with Crippen LogP contribution in [-0.2, 0) is 6.54 Å². The van der Waals surface area contributed by atoms with E-state index in [1.807, 2.05) is 6.92 Å². The highest BCUT2D eigenvalue weighted by molar-refractivity contribution is 9.10. The molecule has 3 aromatic rings. The molecule has 3 heterocycles. The maximum atomic E-state index is 6.07. The molecule has 0 radical (unpaired) electrons. The summed E-state index contributed by atoms with van der Waals surface area (Å²) >= 11 is 5.23. The predicted octanol–water partition coefficient (Wildman–Crippen LogP) is 3.81. The molecule has 4 nitrogen and oxygen atoms in total. The zero-order valence-corrected chi connectivity index (χ0v) is 14.0. The number of fused-ring (bicyclic) bond motifs is 1. The lowest BCUT2D eigenvalue weighted by Gasteiger charge is -2.06. The number of thiophene rings is 1. The molecule has 0 aliphatic heterocycles. The van der Waals surface area contributed by atoms with E-state index in [9.17, 15) is 0 Å². The number of aryl methyl sites for hydroxylation is 2. The van der Waals surface area contributed by atoms with Crippen molar-refractivity contribution in [3.05, 3.63) is 37.9 Å². The van der Waals surface area contributed by atoms with Crippen molar-refractivity contribution in [2.75, 3.05) is 5.73 Å². The smallest absolute Gasteiger partial charge is 0.146 e. The van der Waals surface area contributed by atoms with Crippen LogP contribution in [0, 0.1) is 20.8 Å². The molecule has 0 aliphatic carbocycles. The normalized spacial score (nSPS) is 11.4. The first kappa shape index (κ1) is 13.6. The van der Waals surface area contributed by atoms with E-state index in [4.69, 9.17) is 5.73 Å². The van der Waals surface area contributed by atoms with E-state index in [2.05, 4.69) is 55.8 Å². The maximum absolute atomic E-state index is 6.07. The lowest BCUT2D eigenvalue weighted by molar-refractivity contribution is 0.798. The van der Waals surface area contributed by atoms with Gasteiger partial charge in [-0.1, -0.05) is 0 Å². The summed E-state index contributed by atoms with van der Waals surface area (Å²) in [5.74, 6) is 1.28. The van der Waals surface area contributed by atoms with Gasteiger partial charge in [-0.2, -0.15) is 0 Å². The highest BCUT2D eigenvalue weighted by Gasteiger charge is 2.16. The maximum Gasteiger partial charge on any atom is 0.146 e. The average molecular weight is 351 g/mol. The van der Waals surface area contributed by atoms with Crippen molar-refractivity contribution < 1.29 is 0 Å². The summed E-state index contributed by atoms with van der Waals surface area (Å²) in [6, 6.07) is 2.14. The van der Waals surface area contributed by atoms with Crippen molar-refractivity contribution >= 4 is 44.1 Å². The first-order valence-corrected chi connectivity index (χ1v) is 7.97. The number of halogens is 1. The van der Waals surface area contributed by atoms with E-state index < -0.39 is 0 Å². The average Bonchev–Trinajstić information content (AvgIpc) is 2.87. The first-order chi connectivity index (χ1) is 9.47. The van der Waals surface area contributed by atoms with Gasteiger partial charge >= 0.3 is 0 Å². The van der Waals surface area contributed by atoms with Crippen molar-refractivity contribution in [3.63, 3.8) is 0 Å². The van der Waals surface area contributed by atoms with Crippen LogP contribution in [-0.4, -0.2) is 14.5 Å². The Hall–Kier alpha value is -1.40. The van der Waals surface area contributed by atoms with Gasteiger partial charge in [0.05, 0.1) is 11.9 Å². The largest absolute Gasteiger partial charge is 0.383 e. The van der Waals surface area contributed by atoms with Crippen LogP contribution in [0.4, 0.5) is 5.82 Å². The third-order valence-corrected chi connectivity index (χ3v) is 5.23. The highest BCUT2D eigenvalue weighted by atomic mass is 79.9. The Morgan fingerprint density at radius 2 is 2.05 bits per heavy atom. The number of hydrogen-bond donors (Lipinski definition) is 1. The van der Waals surface area contributed by atoms with Crippen molar-refractivity contribution in [1.82, 2.24) is 14.5 Å². The highest BCUT2D eigenvalue weighted by Crippen LogP contribution is 2.29. The Kier molecular flexibility index (Phi) is 3.30. The summed E-state index contributed by atoms with van der Waals surface area (Å²) in [7, 11) is 0.